The number of nitrogens with zero attached hydrogens (tertiary/aromatic N) is 1. The van der Waals surface area contributed by atoms with Gasteiger partial charge in [-0.15, -0.1) is 0 Å². The van der Waals surface area contributed by atoms with Gasteiger partial charge in [0.1, 0.15) is 17.2 Å². The van der Waals surface area contributed by atoms with E-state index in [0.29, 0.717) is 4.57 Å². The smallest absolute Gasteiger partial charge is 0.326 e. The highest BCUT2D eigenvalue weighted by Crippen LogP contribution is 2.45. The van der Waals surface area contributed by atoms with Crippen molar-refractivity contribution in [2.75, 3.05) is 5.32 Å². The molecule has 1 aliphatic heterocycles. The highest BCUT2D eigenvalue weighted by atomic mass is 35.5. The van der Waals surface area contributed by atoms with Gasteiger partial charge in [-0.3, -0.25) is 19.4 Å². The average molecular weight is 483 g/mol. The van der Waals surface area contributed by atoms with Crippen LogP contribution in [0.15, 0.2) is 58.1 Å². The van der Waals surface area contributed by atoms with Crippen molar-refractivity contribution in [3.8, 4) is 5.69 Å². The molecule has 3 N–H and O–H groups in total. The van der Waals surface area contributed by atoms with Crippen molar-refractivity contribution in [3.05, 3.63) is 91.3 Å². The van der Waals surface area contributed by atoms with Gasteiger partial charge in [0.05, 0.1) is 5.69 Å². The normalized spacial score (nSPS) is 17.4. The number of halogens is 5. The number of hydrogen-bond acceptors (Lipinski definition) is 4. The van der Waals surface area contributed by atoms with Crippen LogP contribution in [0.4, 0.5) is 23.4 Å². The molecule has 1 aromatic heterocycles. The molecule has 2 amide bonds. The summed E-state index contributed by atoms with van der Waals surface area (Å²) in [6.07, 6.45) is -5.53. The molecular formula is C20H11ClF4N4O4. The zero-order valence-corrected chi connectivity index (χ0v) is 16.8. The molecule has 33 heavy (non-hydrogen) atoms. The van der Waals surface area contributed by atoms with Crippen molar-refractivity contribution < 1.29 is 27.2 Å². The fourth-order valence-electron chi connectivity index (χ4n) is 3.48. The first-order valence-corrected chi connectivity index (χ1v) is 9.46. The number of nitrogens with one attached hydrogen (secondary N) is 3. The van der Waals surface area contributed by atoms with E-state index in [9.17, 15) is 36.7 Å². The first-order valence-electron chi connectivity index (χ1n) is 9.08. The van der Waals surface area contributed by atoms with Crippen LogP contribution in [-0.4, -0.2) is 27.5 Å². The maximum atomic E-state index is 14.4. The summed E-state index contributed by atoms with van der Waals surface area (Å²) in [5.74, 6) is -5.14. The Kier molecular flexibility index (Phi) is 5.12. The van der Waals surface area contributed by atoms with Crippen LogP contribution in [0, 0.1) is 5.82 Å². The monoisotopic (exact) mass is 482 g/mol. The van der Waals surface area contributed by atoms with Crippen molar-refractivity contribution >= 4 is 29.2 Å². The molecule has 0 unspecified atom stereocenters. The SMILES string of the molecule is O=C(N[C@]1(C(F)(F)F)C(=O)Nc2c1c(=O)[nH]c(=O)n2-c1ccccc1F)c1ccc(Cl)cc1. The van der Waals surface area contributed by atoms with Crippen LogP contribution in [0.3, 0.4) is 0 Å². The van der Waals surface area contributed by atoms with E-state index in [4.69, 9.17) is 11.6 Å². The molecule has 1 aliphatic rings. The largest absolute Gasteiger partial charge is 0.425 e. The molecule has 2 aromatic carbocycles. The minimum atomic E-state index is -5.53. The van der Waals surface area contributed by atoms with Gasteiger partial charge in [-0.2, -0.15) is 13.2 Å². The lowest BCUT2D eigenvalue weighted by Gasteiger charge is -2.30. The second kappa shape index (κ2) is 7.59. The molecule has 1 atom stereocenters. The highest BCUT2D eigenvalue weighted by Gasteiger charge is 2.68. The number of amides is 2. The minimum Gasteiger partial charge on any atom is -0.326 e. The summed E-state index contributed by atoms with van der Waals surface area (Å²) < 4.78 is 57.8. The lowest BCUT2D eigenvalue weighted by atomic mass is 9.91. The molecule has 0 fully saturated rings. The Hall–Kier alpha value is -3.93. The number of hydrogen-bond donors (Lipinski definition) is 3. The summed E-state index contributed by atoms with van der Waals surface area (Å²) in [6.45, 7) is 0. The van der Waals surface area contributed by atoms with E-state index in [0.717, 1.165) is 24.3 Å². The zero-order chi connectivity index (χ0) is 24.1. The van der Waals surface area contributed by atoms with E-state index in [-0.39, 0.29) is 10.6 Å². The summed E-state index contributed by atoms with van der Waals surface area (Å²) in [4.78, 5) is 52.0. The molecule has 8 nitrogen and oxygen atoms in total. The fourth-order valence-corrected chi connectivity index (χ4v) is 3.61. The summed E-state index contributed by atoms with van der Waals surface area (Å²) in [5, 5.41) is 3.60. The van der Waals surface area contributed by atoms with Crippen molar-refractivity contribution in [2.24, 2.45) is 0 Å². The Morgan fingerprint density at radius 2 is 1.67 bits per heavy atom. The summed E-state index contributed by atoms with van der Waals surface area (Å²) in [6, 6.07) is 9.24. The lowest BCUT2D eigenvalue weighted by Crippen LogP contribution is -2.62. The maximum Gasteiger partial charge on any atom is 0.425 e. The molecule has 0 radical (unpaired) electrons. The van der Waals surface area contributed by atoms with Gasteiger partial charge in [-0.1, -0.05) is 23.7 Å². The molecule has 0 saturated carbocycles. The van der Waals surface area contributed by atoms with Crippen LogP contribution in [-0.2, 0) is 10.3 Å². The Labute approximate surface area is 185 Å². The highest BCUT2D eigenvalue weighted by molar-refractivity contribution is 6.30. The molecule has 170 valence electrons. The number of carbonyl (C=O) groups excluding carboxylic acids is 2. The average Bonchev–Trinajstić information content (AvgIpc) is 3.03. The molecule has 0 aliphatic carbocycles. The number of para-hydroxylation sites is 1. The molecule has 2 heterocycles. The summed E-state index contributed by atoms with van der Waals surface area (Å²) >= 11 is 5.72. The number of H-pyrrole nitrogens is 1. The van der Waals surface area contributed by atoms with Gasteiger partial charge in [0.2, 0.25) is 0 Å². The van der Waals surface area contributed by atoms with Gasteiger partial charge in [0, 0.05) is 10.6 Å². The van der Waals surface area contributed by atoms with Crippen molar-refractivity contribution in [1.82, 2.24) is 14.9 Å². The van der Waals surface area contributed by atoms with E-state index >= 15 is 0 Å². The van der Waals surface area contributed by atoms with Crippen LogP contribution in [0.1, 0.15) is 15.9 Å². The van der Waals surface area contributed by atoms with Gasteiger partial charge in [-0.05, 0) is 36.4 Å². The van der Waals surface area contributed by atoms with Crippen molar-refractivity contribution in [3.63, 3.8) is 0 Å². The van der Waals surface area contributed by atoms with Gasteiger partial charge in [-0.25, -0.2) is 13.8 Å². The maximum absolute atomic E-state index is 14.4. The topological polar surface area (TPSA) is 113 Å². The van der Waals surface area contributed by atoms with E-state index in [1.165, 1.54) is 24.3 Å². The summed E-state index contributed by atoms with van der Waals surface area (Å²) in [7, 11) is 0. The first kappa shape index (κ1) is 22.3. The van der Waals surface area contributed by atoms with Gasteiger partial charge in [0.15, 0.2) is 0 Å². The van der Waals surface area contributed by atoms with E-state index in [2.05, 4.69) is 0 Å². The van der Waals surface area contributed by atoms with Crippen LogP contribution < -0.4 is 21.9 Å². The van der Waals surface area contributed by atoms with Crippen LogP contribution in [0.2, 0.25) is 5.02 Å². The van der Waals surface area contributed by atoms with E-state index < -0.39 is 57.7 Å². The molecule has 13 heteroatoms. The number of alkyl halides is 3. The number of anilines is 1. The standard InChI is InChI=1S/C20H11ClF4N4O4/c21-10-7-5-9(6-8-10)15(30)28-19(20(23,24)25)13-14(26-17(19)32)29(18(33)27-16(13)31)12-4-2-1-3-11(12)22/h1-8H,(H,26,32)(H,28,30)(H,27,31,33)/t19-/m0/s1. The number of rotatable bonds is 3. The van der Waals surface area contributed by atoms with Crippen molar-refractivity contribution in [1.29, 1.82) is 0 Å². The predicted octanol–water partition coefficient (Wildman–Crippen LogP) is 2.46. The quantitative estimate of drug-likeness (QED) is 0.498. The van der Waals surface area contributed by atoms with E-state index in [1.807, 2.05) is 5.32 Å². The molecule has 4 rings (SSSR count). The molecule has 3 aromatic rings. The lowest BCUT2D eigenvalue weighted by molar-refractivity contribution is -0.196. The second-order valence-electron chi connectivity index (χ2n) is 6.93. The predicted molar refractivity (Wildman–Crippen MR) is 108 cm³/mol. The third-order valence-electron chi connectivity index (χ3n) is 4.98. The third kappa shape index (κ3) is 3.39. The fraction of sp³-hybridized carbons (Fsp3) is 0.100. The van der Waals surface area contributed by atoms with Crippen LogP contribution >= 0.6 is 11.6 Å². The number of carbonyl (C=O) groups is 2. The Morgan fingerprint density at radius 3 is 2.27 bits per heavy atom. The van der Waals surface area contributed by atoms with Crippen LogP contribution in [0.5, 0.6) is 0 Å². The van der Waals surface area contributed by atoms with Gasteiger partial charge >= 0.3 is 11.9 Å². The first-order chi connectivity index (χ1) is 15.5. The minimum absolute atomic E-state index is 0.200. The number of fused-ring (bicyclic) bond motifs is 1. The van der Waals surface area contributed by atoms with Crippen LogP contribution in [0.25, 0.3) is 5.69 Å². The number of aromatic nitrogens is 2. The zero-order valence-electron chi connectivity index (χ0n) is 16.1. The number of benzene rings is 2. The Morgan fingerprint density at radius 1 is 1.03 bits per heavy atom. The molecular weight excluding hydrogens is 472 g/mol. The summed E-state index contributed by atoms with van der Waals surface area (Å²) in [5.41, 5.74) is -8.89. The molecule has 0 bridgehead atoms. The van der Waals surface area contributed by atoms with Gasteiger partial charge in [0.25, 0.3) is 22.9 Å². The van der Waals surface area contributed by atoms with E-state index in [1.54, 1.807) is 10.3 Å². The molecule has 0 saturated heterocycles. The second-order valence-corrected chi connectivity index (χ2v) is 7.37. The van der Waals surface area contributed by atoms with Crippen molar-refractivity contribution in [2.45, 2.75) is 11.7 Å². The number of aromatic amines is 1. The van der Waals surface area contributed by atoms with Gasteiger partial charge < -0.3 is 10.6 Å². The Bertz CT molecular complexity index is 1420. The third-order valence-corrected chi connectivity index (χ3v) is 5.24. The molecule has 0 spiro atoms. The Balaban J connectivity index is 1.99.